The summed E-state index contributed by atoms with van der Waals surface area (Å²) >= 11 is 0. The summed E-state index contributed by atoms with van der Waals surface area (Å²) in [6.45, 7) is 0.194. The van der Waals surface area contributed by atoms with Gasteiger partial charge in [0.15, 0.2) is 11.9 Å². The molecule has 3 rings (SSSR count). The van der Waals surface area contributed by atoms with Crippen LogP contribution in [0.5, 0.6) is 0 Å². The Labute approximate surface area is 279 Å². The number of nitrogens with two attached hydrogens (primary N) is 5. The van der Waals surface area contributed by atoms with Crippen LogP contribution in [-0.4, -0.2) is 90.2 Å². The van der Waals surface area contributed by atoms with E-state index < -0.39 is 53.7 Å². The highest BCUT2D eigenvalue weighted by Crippen LogP contribution is 2.24. The van der Waals surface area contributed by atoms with E-state index in [0.29, 0.717) is 6.42 Å². The van der Waals surface area contributed by atoms with Crippen molar-refractivity contribution >= 4 is 73.8 Å². The van der Waals surface area contributed by atoms with Gasteiger partial charge in [-0.3, -0.25) is 34.0 Å². The highest BCUT2D eigenvalue weighted by molar-refractivity contribution is 8.76. The predicted molar refractivity (Wildman–Crippen MR) is 185 cm³/mol. The Morgan fingerprint density at radius 2 is 1.43 bits per heavy atom. The molecular weight excluding hydrogens is 647 g/mol. The van der Waals surface area contributed by atoms with E-state index in [1.807, 2.05) is 42.5 Å². The van der Waals surface area contributed by atoms with E-state index in [-0.39, 0.29) is 55.8 Å². The molecule has 1 heterocycles. The molecule has 0 aliphatic carbocycles. The van der Waals surface area contributed by atoms with Crippen LogP contribution in [0, 0.1) is 0 Å². The van der Waals surface area contributed by atoms with Crippen molar-refractivity contribution in [2.24, 2.45) is 38.7 Å². The number of carbonyl (C=O) groups is 5. The number of hydrogen-bond acceptors (Lipinski definition) is 9. The van der Waals surface area contributed by atoms with E-state index in [9.17, 15) is 24.0 Å². The van der Waals surface area contributed by atoms with Crippen molar-refractivity contribution in [3.8, 4) is 0 Å². The molecule has 1 aliphatic rings. The lowest BCUT2D eigenvalue weighted by molar-refractivity contribution is -0.134. The Balaban J connectivity index is 1.90. The molecule has 1 saturated heterocycles. The number of fused-ring (bicyclic) bond motifs is 1. The largest absolute Gasteiger partial charge is 0.370 e. The molecule has 0 aromatic heterocycles. The summed E-state index contributed by atoms with van der Waals surface area (Å²) in [5.74, 6) is -3.33. The minimum absolute atomic E-state index is 0.0127. The maximum Gasteiger partial charge on any atom is 0.244 e. The zero-order valence-electron chi connectivity index (χ0n) is 25.6. The van der Waals surface area contributed by atoms with Crippen molar-refractivity contribution in [2.45, 2.75) is 49.9 Å². The van der Waals surface area contributed by atoms with Gasteiger partial charge >= 0.3 is 0 Å². The zero-order valence-corrected chi connectivity index (χ0v) is 27.3. The van der Waals surface area contributed by atoms with Gasteiger partial charge in [-0.25, -0.2) is 0 Å². The Morgan fingerprint density at radius 1 is 0.787 bits per heavy atom. The van der Waals surface area contributed by atoms with Crippen molar-refractivity contribution in [1.82, 2.24) is 21.3 Å². The standard InChI is InChI=1S/C29H41N11O5S2/c30-24(42)21-14-46-47-15-22(37-23(41)9-11-36-29(33)34)27(45)38-19(6-3-10-35-28(31)32)25(43)39-20(26(44)40-21)13-16-7-8-17-4-1-2-5-18(17)12-16/h1-2,4-5,7-8,12,19-22H,3,6,9-11,13-15H2,(H2,30,42)(H,37,41)(H,38,45)(H,39,43)(H,40,44)(H4,31,32,35)(H4,33,34,36)/t19-,20+,21+,22+/m0/s1. The first-order valence-electron chi connectivity index (χ1n) is 14.8. The third-order valence-corrected chi connectivity index (χ3v) is 9.38. The van der Waals surface area contributed by atoms with Crippen LogP contribution in [0.1, 0.15) is 24.8 Å². The summed E-state index contributed by atoms with van der Waals surface area (Å²) in [7, 11) is 2.37. The lowest BCUT2D eigenvalue weighted by atomic mass is 10.00. The Kier molecular flexibility index (Phi) is 14.4. The Hall–Kier alpha value is -4.71. The highest BCUT2D eigenvalue weighted by atomic mass is 33.1. The van der Waals surface area contributed by atoms with Crippen molar-refractivity contribution in [2.75, 3.05) is 24.6 Å². The number of carbonyl (C=O) groups excluding carboxylic acids is 5. The summed E-state index contributed by atoms with van der Waals surface area (Å²) in [4.78, 5) is 73.5. The van der Waals surface area contributed by atoms with E-state index in [1.54, 1.807) is 0 Å². The normalized spacial score (nSPS) is 20.9. The van der Waals surface area contributed by atoms with Crippen LogP contribution >= 0.6 is 21.6 Å². The highest BCUT2D eigenvalue weighted by Gasteiger charge is 2.32. The number of aliphatic imine (C=N–C) groups is 2. The first-order valence-corrected chi connectivity index (χ1v) is 17.2. The molecule has 16 nitrogen and oxygen atoms in total. The van der Waals surface area contributed by atoms with Gasteiger partial charge in [0.25, 0.3) is 0 Å². The molecule has 254 valence electrons. The quantitative estimate of drug-likeness (QED) is 0.0535. The third kappa shape index (κ3) is 12.5. The molecule has 47 heavy (non-hydrogen) atoms. The Bertz CT molecular complexity index is 1500. The van der Waals surface area contributed by atoms with Gasteiger partial charge in [-0.15, -0.1) is 0 Å². The molecule has 0 spiro atoms. The van der Waals surface area contributed by atoms with Gasteiger partial charge in [0.05, 0.1) is 6.54 Å². The van der Waals surface area contributed by atoms with Crippen LogP contribution in [0.3, 0.4) is 0 Å². The van der Waals surface area contributed by atoms with Crippen LogP contribution in [0.25, 0.3) is 10.8 Å². The first kappa shape index (κ1) is 36.8. The molecule has 2 aromatic carbocycles. The molecule has 5 amide bonds. The number of hydrogen-bond donors (Lipinski definition) is 9. The Morgan fingerprint density at radius 3 is 2.13 bits per heavy atom. The molecular formula is C29H41N11O5S2. The maximum absolute atomic E-state index is 13.7. The number of guanidine groups is 2. The SMILES string of the molecule is NC(=O)[C@H]1CSSC[C@@H](NC(=O)CCN=C(N)N)C(=O)N[C@@H](CCCN=C(N)N)C(=O)N[C@H](Cc2ccc3ccccc3c2)C(=O)N1. The molecule has 4 atom stereocenters. The number of primary amides is 1. The molecule has 0 radical (unpaired) electrons. The summed E-state index contributed by atoms with van der Waals surface area (Å²) in [6, 6.07) is 8.97. The second kappa shape index (κ2) is 18.4. The van der Waals surface area contributed by atoms with Gasteiger partial charge < -0.3 is 49.9 Å². The summed E-state index contributed by atoms with van der Waals surface area (Å²) in [5.41, 5.74) is 27.9. The summed E-state index contributed by atoms with van der Waals surface area (Å²) in [6.07, 6.45) is 0.407. The third-order valence-electron chi connectivity index (χ3n) is 6.96. The fraction of sp³-hybridized carbons (Fsp3) is 0.414. The fourth-order valence-electron chi connectivity index (χ4n) is 4.56. The second-order valence-corrected chi connectivity index (χ2v) is 13.2. The van der Waals surface area contributed by atoms with Gasteiger partial charge in [0.1, 0.15) is 24.2 Å². The summed E-state index contributed by atoms with van der Waals surface area (Å²) < 4.78 is 0. The minimum Gasteiger partial charge on any atom is -0.370 e. The van der Waals surface area contributed by atoms with Crippen molar-refractivity contribution in [3.05, 3.63) is 48.0 Å². The van der Waals surface area contributed by atoms with E-state index in [2.05, 4.69) is 31.3 Å². The lowest BCUT2D eigenvalue weighted by Gasteiger charge is -2.27. The number of nitrogens with zero attached hydrogens (tertiary/aromatic N) is 2. The van der Waals surface area contributed by atoms with Crippen LogP contribution < -0.4 is 49.9 Å². The molecule has 18 heteroatoms. The molecule has 2 aromatic rings. The average molecular weight is 688 g/mol. The van der Waals surface area contributed by atoms with E-state index in [1.165, 1.54) is 21.6 Å². The number of amides is 5. The van der Waals surface area contributed by atoms with E-state index in [4.69, 9.17) is 28.7 Å². The van der Waals surface area contributed by atoms with Crippen LogP contribution in [0.2, 0.25) is 0 Å². The zero-order chi connectivity index (χ0) is 34.3. The average Bonchev–Trinajstić information content (AvgIpc) is 3.01. The van der Waals surface area contributed by atoms with Crippen LogP contribution in [0.15, 0.2) is 52.4 Å². The smallest absolute Gasteiger partial charge is 0.244 e. The summed E-state index contributed by atoms with van der Waals surface area (Å²) in [5, 5.41) is 12.7. The van der Waals surface area contributed by atoms with Crippen LogP contribution in [-0.2, 0) is 30.4 Å². The van der Waals surface area contributed by atoms with Gasteiger partial charge in [0.2, 0.25) is 29.5 Å². The van der Waals surface area contributed by atoms with Crippen LogP contribution in [0.4, 0.5) is 0 Å². The second-order valence-electron chi connectivity index (χ2n) is 10.7. The predicted octanol–water partition coefficient (Wildman–Crippen LogP) is -2.08. The molecule has 1 aliphatic heterocycles. The molecule has 0 saturated carbocycles. The minimum atomic E-state index is -1.13. The molecule has 1 fully saturated rings. The van der Waals surface area contributed by atoms with Crippen molar-refractivity contribution in [1.29, 1.82) is 0 Å². The monoisotopic (exact) mass is 687 g/mol. The maximum atomic E-state index is 13.7. The molecule has 14 N–H and O–H groups in total. The number of rotatable bonds is 11. The van der Waals surface area contributed by atoms with E-state index in [0.717, 1.165) is 16.3 Å². The van der Waals surface area contributed by atoms with Gasteiger partial charge in [0, 0.05) is 30.9 Å². The number of benzene rings is 2. The van der Waals surface area contributed by atoms with E-state index >= 15 is 0 Å². The lowest BCUT2D eigenvalue weighted by Crippen LogP contribution is -2.59. The first-order chi connectivity index (χ1) is 22.4. The molecule has 0 bridgehead atoms. The van der Waals surface area contributed by atoms with Gasteiger partial charge in [-0.05, 0) is 29.2 Å². The number of nitrogens with one attached hydrogen (secondary N) is 4. The van der Waals surface area contributed by atoms with Gasteiger partial charge in [-0.1, -0.05) is 64.1 Å². The van der Waals surface area contributed by atoms with Gasteiger partial charge in [-0.2, -0.15) is 0 Å². The molecule has 0 unspecified atom stereocenters. The topological polar surface area (TPSA) is 288 Å². The van der Waals surface area contributed by atoms with Crippen molar-refractivity contribution in [3.63, 3.8) is 0 Å². The fourth-order valence-corrected chi connectivity index (χ4v) is 6.90. The van der Waals surface area contributed by atoms with Crippen molar-refractivity contribution < 1.29 is 24.0 Å².